The summed E-state index contributed by atoms with van der Waals surface area (Å²) in [6.45, 7) is 2.59. The van der Waals surface area contributed by atoms with Crippen LogP contribution < -0.4 is 9.64 Å². The van der Waals surface area contributed by atoms with Crippen LogP contribution in [0, 0.1) is 0 Å². The topological polar surface area (TPSA) is 68.2 Å². The van der Waals surface area contributed by atoms with E-state index in [4.69, 9.17) is 4.74 Å². The zero-order chi connectivity index (χ0) is 17.6. The van der Waals surface area contributed by atoms with Crippen LogP contribution in [0.2, 0.25) is 0 Å². The second-order valence-electron chi connectivity index (χ2n) is 5.32. The lowest BCUT2D eigenvalue weighted by Gasteiger charge is -2.18. The molecular weight excluding hydrogens is 336 g/mol. The Morgan fingerprint density at radius 3 is 2.84 bits per heavy atom. The van der Waals surface area contributed by atoms with Crippen LogP contribution in [0.5, 0.6) is 5.75 Å². The van der Waals surface area contributed by atoms with E-state index in [-0.39, 0.29) is 5.91 Å². The van der Waals surface area contributed by atoms with E-state index in [1.165, 1.54) is 11.3 Å². The Bertz CT molecular complexity index is 851. The number of carbonyl (C=O) groups excluding carboxylic acids is 1. The molecule has 0 fully saturated rings. The van der Waals surface area contributed by atoms with Gasteiger partial charge in [-0.2, -0.15) is 0 Å². The summed E-state index contributed by atoms with van der Waals surface area (Å²) in [6.07, 6.45) is 4.26. The highest BCUT2D eigenvalue weighted by atomic mass is 32.1. The first-order valence-electron chi connectivity index (χ1n) is 7.92. The first-order chi connectivity index (χ1) is 12.2. The minimum Gasteiger partial charge on any atom is -0.497 e. The second kappa shape index (κ2) is 7.85. The molecule has 0 aliphatic rings. The van der Waals surface area contributed by atoms with Gasteiger partial charge in [0.05, 0.1) is 7.11 Å². The standard InChI is InChI=1S/C18H18N4O2S/c1-3-10-22(17(23)13-6-4-8-15(11-13)24-2)18-21-20-16(25-18)14-7-5-9-19-12-14/h4-9,11-12H,3,10H2,1-2H3. The SMILES string of the molecule is CCCN(C(=O)c1cccc(OC)c1)c1nnc(-c2cccnc2)s1. The van der Waals surface area contributed by atoms with Gasteiger partial charge in [0, 0.05) is 30.1 Å². The van der Waals surface area contributed by atoms with Crippen LogP contribution in [0.15, 0.2) is 48.8 Å². The fourth-order valence-electron chi connectivity index (χ4n) is 2.35. The molecule has 0 aliphatic carbocycles. The van der Waals surface area contributed by atoms with Gasteiger partial charge in [0.15, 0.2) is 5.01 Å². The van der Waals surface area contributed by atoms with Gasteiger partial charge in [-0.25, -0.2) is 0 Å². The lowest BCUT2D eigenvalue weighted by Crippen LogP contribution is -2.31. The van der Waals surface area contributed by atoms with Crippen LogP contribution in [-0.4, -0.2) is 34.7 Å². The molecule has 2 aromatic heterocycles. The predicted molar refractivity (Wildman–Crippen MR) is 98.1 cm³/mol. The first kappa shape index (κ1) is 17.0. The van der Waals surface area contributed by atoms with E-state index in [0.29, 0.717) is 23.0 Å². The van der Waals surface area contributed by atoms with Crippen molar-refractivity contribution in [1.82, 2.24) is 15.2 Å². The molecule has 1 aromatic carbocycles. The fourth-order valence-corrected chi connectivity index (χ4v) is 3.21. The molecule has 3 aromatic rings. The average molecular weight is 354 g/mol. The number of amides is 1. The Balaban J connectivity index is 1.90. The maximum absolute atomic E-state index is 12.9. The molecule has 0 bridgehead atoms. The van der Waals surface area contributed by atoms with Crippen molar-refractivity contribution in [2.75, 3.05) is 18.6 Å². The van der Waals surface area contributed by atoms with Gasteiger partial charge < -0.3 is 4.74 Å². The average Bonchev–Trinajstić information content (AvgIpc) is 3.16. The van der Waals surface area contributed by atoms with Crippen molar-refractivity contribution < 1.29 is 9.53 Å². The lowest BCUT2D eigenvalue weighted by molar-refractivity contribution is 0.0986. The van der Waals surface area contributed by atoms with Gasteiger partial charge in [0.2, 0.25) is 5.13 Å². The van der Waals surface area contributed by atoms with Gasteiger partial charge in [0.1, 0.15) is 5.75 Å². The van der Waals surface area contributed by atoms with Crippen molar-refractivity contribution in [2.24, 2.45) is 0 Å². The van der Waals surface area contributed by atoms with Gasteiger partial charge >= 0.3 is 0 Å². The zero-order valence-corrected chi connectivity index (χ0v) is 14.9. The number of rotatable bonds is 6. The highest BCUT2D eigenvalue weighted by Crippen LogP contribution is 2.29. The maximum Gasteiger partial charge on any atom is 0.260 e. The molecule has 0 N–H and O–H groups in total. The van der Waals surface area contributed by atoms with E-state index in [9.17, 15) is 4.79 Å². The Morgan fingerprint density at radius 2 is 2.12 bits per heavy atom. The Morgan fingerprint density at radius 1 is 1.24 bits per heavy atom. The Hall–Kier alpha value is -2.80. The number of carbonyl (C=O) groups is 1. The van der Waals surface area contributed by atoms with E-state index >= 15 is 0 Å². The van der Waals surface area contributed by atoms with Crippen molar-refractivity contribution in [2.45, 2.75) is 13.3 Å². The smallest absolute Gasteiger partial charge is 0.260 e. The van der Waals surface area contributed by atoms with Crippen LogP contribution in [0.3, 0.4) is 0 Å². The summed E-state index contributed by atoms with van der Waals surface area (Å²) in [5.74, 6) is 0.533. The van der Waals surface area contributed by atoms with Crippen LogP contribution in [0.25, 0.3) is 10.6 Å². The highest BCUT2D eigenvalue weighted by molar-refractivity contribution is 7.18. The molecule has 0 spiro atoms. The molecule has 25 heavy (non-hydrogen) atoms. The maximum atomic E-state index is 12.9. The van der Waals surface area contributed by atoms with E-state index in [0.717, 1.165) is 17.0 Å². The summed E-state index contributed by atoms with van der Waals surface area (Å²) < 4.78 is 5.21. The third kappa shape index (κ3) is 3.83. The minimum absolute atomic E-state index is 0.116. The number of benzene rings is 1. The molecule has 7 heteroatoms. The fraction of sp³-hybridized carbons (Fsp3) is 0.222. The molecule has 2 heterocycles. The van der Waals surface area contributed by atoms with Crippen molar-refractivity contribution in [1.29, 1.82) is 0 Å². The van der Waals surface area contributed by atoms with E-state index < -0.39 is 0 Å². The predicted octanol–water partition coefficient (Wildman–Crippen LogP) is 3.67. The number of hydrogen-bond donors (Lipinski definition) is 0. The lowest BCUT2D eigenvalue weighted by atomic mass is 10.2. The van der Waals surface area contributed by atoms with E-state index in [1.807, 2.05) is 25.1 Å². The summed E-state index contributed by atoms with van der Waals surface area (Å²) in [7, 11) is 1.58. The number of hydrogen-bond acceptors (Lipinski definition) is 6. The minimum atomic E-state index is -0.116. The van der Waals surface area contributed by atoms with Gasteiger partial charge in [-0.3, -0.25) is 14.7 Å². The van der Waals surface area contributed by atoms with Crippen molar-refractivity contribution >= 4 is 22.4 Å². The number of ether oxygens (including phenoxy) is 1. The van der Waals surface area contributed by atoms with E-state index in [1.54, 1.807) is 42.6 Å². The number of methoxy groups -OCH3 is 1. The van der Waals surface area contributed by atoms with Crippen LogP contribution >= 0.6 is 11.3 Å². The molecule has 0 saturated carbocycles. The third-order valence-corrected chi connectivity index (χ3v) is 4.56. The van der Waals surface area contributed by atoms with Crippen LogP contribution in [-0.2, 0) is 0 Å². The van der Waals surface area contributed by atoms with Gasteiger partial charge in [-0.05, 0) is 36.8 Å². The van der Waals surface area contributed by atoms with Crippen molar-refractivity contribution in [3.05, 3.63) is 54.4 Å². The molecule has 0 atom stereocenters. The second-order valence-corrected chi connectivity index (χ2v) is 6.28. The molecule has 0 unspecified atom stereocenters. The summed E-state index contributed by atoms with van der Waals surface area (Å²) >= 11 is 1.38. The van der Waals surface area contributed by atoms with Crippen molar-refractivity contribution in [3.63, 3.8) is 0 Å². The number of pyridine rings is 1. The summed E-state index contributed by atoms with van der Waals surface area (Å²) in [6, 6.07) is 10.9. The summed E-state index contributed by atoms with van der Waals surface area (Å²) in [5, 5.41) is 9.74. The molecule has 0 saturated heterocycles. The molecule has 1 amide bonds. The quantitative estimate of drug-likeness (QED) is 0.676. The number of nitrogens with zero attached hydrogens (tertiary/aromatic N) is 4. The highest BCUT2D eigenvalue weighted by Gasteiger charge is 2.21. The monoisotopic (exact) mass is 354 g/mol. The molecule has 128 valence electrons. The van der Waals surface area contributed by atoms with Gasteiger partial charge in [-0.1, -0.05) is 24.3 Å². The van der Waals surface area contributed by atoms with E-state index in [2.05, 4.69) is 15.2 Å². The normalized spacial score (nSPS) is 10.5. The number of aromatic nitrogens is 3. The molecule has 3 rings (SSSR count). The molecule has 6 nitrogen and oxygen atoms in total. The van der Waals surface area contributed by atoms with Gasteiger partial charge in [-0.15, -0.1) is 10.2 Å². The van der Waals surface area contributed by atoms with Crippen LogP contribution in [0.4, 0.5) is 5.13 Å². The molecular formula is C18H18N4O2S. The van der Waals surface area contributed by atoms with Crippen molar-refractivity contribution in [3.8, 4) is 16.3 Å². The Kier molecular flexibility index (Phi) is 5.35. The molecule has 0 radical (unpaired) electrons. The zero-order valence-electron chi connectivity index (χ0n) is 14.0. The summed E-state index contributed by atoms with van der Waals surface area (Å²) in [5.41, 5.74) is 1.45. The number of anilines is 1. The third-order valence-electron chi connectivity index (χ3n) is 3.56. The molecule has 0 aliphatic heterocycles. The Labute approximate surface area is 150 Å². The summed E-state index contributed by atoms with van der Waals surface area (Å²) in [4.78, 5) is 18.7. The first-order valence-corrected chi connectivity index (χ1v) is 8.74. The largest absolute Gasteiger partial charge is 0.497 e. The van der Waals surface area contributed by atoms with Crippen LogP contribution in [0.1, 0.15) is 23.7 Å². The van der Waals surface area contributed by atoms with Gasteiger partial charge in [0.25, 0.3) is 5.91 Å².